The van der Waals surface area contributed by atoms with Gasteiger partial charge in [0.25, 0.3) is 0 Å². The Bertz CT molecular complexity index is 1110. The predicted octanol–water partition coefficient (Wildman–Crippen LogP) is 5.13. The van der Waals surface area contributed by atoms with Crippen molar-refractivity contribution in [2.24, 2.45) is 0 Å². The van der Waals surface area contributed by atoms with Crippen LogP contribution in [0.2, 0.25) is 0 Å². The highest BCUT2D eigenvalue weighted by Crippen LogP contribution is 2.29. The Morgan fingerprint density at radius 2 is 1.87 bits per heavy atom. The van der Waals surface area contributed by atoms with Gasteiger partial charge in [0, 0.05) is 17.7 Å². The maximum absolute atomic E-state index is 14.3. The molecule has 154 valence electrons. The van der Waals surface area contributed by atoms with Crippen LogP contribution in [0.4, 0.5) is 13.2 Å². The van der Waals surface area contributed by atoms with Crippen LogP contribution in [0.15, 0.2) is 54.6 Å². The number of carbonyl (C=O) groups is 1. The first-order valence-corrected chi connectivity index (χ1v) is 9.70. The standard InChI is InChI=1S/C24H20F3NO2/c1-14-20-12-18(7-5-15(20)9-10-28-24(14)29)30-13-17-11-16(6-8-21(17)25)19-3-2-4-22(26)23(19)27/h2-8,11-12,14H,9-10,13H2,1H3,(H,28,29). The molecular weight excluding hydrogens is 391 g/mol. The first kappa shape index (κ1) is 20.0. The number of amides is 1. The Hall–Kier alpha value is -3.28. The van der Waals surface area contributed by atoms with Crippen LogP contribution >= 0.6 is 0 Å². The van der Waals surface area contributed by atoms with Crippen LogP contribution in [0, 0.1) is 17.5 Å². The van der Waals surface area contributed by atoms with Gasteiger partial charge in [-0.1, -0.05) is 24.3 Å². The van der Waals surface area contributed by atoms with Gasteiger partial charge in [-0.25, -0.2) is 13.2 Å². The van der Waals surface area contributed by atoms with E-state index >= 15 is 0 Å². The van der Waals surface area contributed by atoms with E-state index in [1.807, 2.05) is 13.0 Å². The molecular formula is C24H20F3NO2. The highest BCUT2D eigenvalue weighted by molar-refractivity contribution is 5.84. The molecule has 0 fully saturated rings. The smallest absolute Gasteiger partial charge is 0.227 e. The van der Waals surface area contributed by atoms with Crippen molar-refractivity contribution in [3.63, 3.8) is 0 Å². The van der Waals surface area contributed by atoms with Crippen molar-refractivity contribution in [3.8, 4) is 16.9 Å². The van der Waals surface area contributed by atoms with Crippen molar-refractivity contribution in [1.29, 1.82) is 0 Å². The average Bonchev–Trinajstić information content (AvgIpc) is 2.88. The van der Waals surface area contributed by atoms with E-state index in [0.29, 0.717) is 17.9 Å². The number of benzene rings is 3. The van der Waals surface area contributed by atoms with Crippen LogP contribution in [-0.2, 0) is 17.8 Å². The van der Waals surface area contributed by atoms with Crippen molar-refractivity contribution >= 4 is 5.91 Å². The number of ether oxygens (including phenoxy) is 1. The lowest BCUT2D eigenvalue weighted by Crippen LogP contribution is -2.26. The van der Waals surface area contributed by atoms with Crippen LogP contribution in [-0.4, -0.2) is 12.5 Å². The number of rotatable bonds is 4. The van der Waals surface area contributed by atoms with Crippen LogP contribution in [0.1, 0.15) is 29.5 Å². The van der Waals surface area contributed by atoms with Crippen LogP contribution in [0.3, 0.4) is 0 Å². The van der Waals surface area contributed by atoms with Crippen molar-refractivity contribution in [1.82, 2.24) is 5.32 Å². The molecule has 0 radical (unpaired) electrons. The highest BCUT2D eigenvalue weighted by Gasteiger charge is 2.22. The molecule has 1 aliphatic heterocycles. The minimum absolute atomic E-state index is 0.0400. The van der Waals surface area contributed by atoms with Crippen LogP contribution in [0.5, 0.6) is 5.75 Å². The van der Waals surface area contributed by atoms with Crippen LogP contribution in [0.25, 0.3) is 11.1 Å². The molecule has 1 amide bonds. The molecule has 1 unspecified atom stereocenters. The summed E-state index contributed by atoms with van der Waals surface area (Å²) < 4.78 is 47.7. The second-order valence-electron chi connectivity index (χ2n) is 7.32. The van der Waals surface area contributed by atoms with E-state index in [2.05, 4.69) is 5.32 Å². The molecule has 3 nitrogen and oxygen atoms in total. The van der Waals surface area contributed by atoms with E-state index < -0.39 is 17.5 Å². The first-order valence-electron chi connectivity index (χ1n) is 9.70. The fourth-order valence-electron chi connectivity index (χ4n) is 3.65. The van der Waals surface area contributed by atoms with E-state index in [0.717, 1.165) is 23.6 Å². The molecule has 3 aromatic carbocycles. The van der Waals surface area contributed by atoms with E-state index in [1.54, 1.807) is 12.1 Å². The van der Waals surface area contributed by atoms with E-state index in [4.69, 9.17) is 4.74 Å². The molecule has 0 spiro atoms. The number of hydrogen-bond acceptors (Lipinski definition) is 2. The van der Waals surface area contributed by atoms with Gasteiger partial charge < -0.3 is 10.1 Å². The fourth-order valence-corrected chi connectivity index (χ4v) is 3.65. The summed E-state index contributed by atoms with van der Waals surface area (Å²) in [5.74, 6) is -2.27. The maximum atomic E-state index is 14.3. The minimum Gasteiger partial charge on any atom is -0.489 e. The Labute approximate surface area is 172 Å². The van der Waals surface area contributed by atoms with Gasteiger partial charge in [-0.2, -0.15) is 0 Å². The molecule has 3 aromatic rings. The van der Waals surface area contributed by atoms with Gasteiger partial charge in [0.15, 0.2) is 11.6 Å². The van der Waals surface area contributed by atoms with E-state index in [1.165, 1.54) is 30.3 Å². The number of hydrogen-bond donors (Lipinski definition) is 1. The molecule has 0 saturated carbocycles. The number of halogens is 3. The second kappa shape index (κ2) is 8.22. The average molecular weight is 411 g/mol. The summed E-state index contributed by atoms with van der Waals surface area (Å²) in [6, 6.07) is 13.4. The molecule has 1 heterocycles. The van der Waals surface area contributed by atoms with Crippen molar-refractivity contribution in [3.05, 3.63) is 88.7 Å². The molecule has 0 aliphatic carbocycles. The van der Waals surface area contributed by atoms with Crippen LogP contribution < -0.4 is 10.1 Å². The second-order valence-corrected chi connectivity index (χ2v) is 7.32. The summed E-state index contributed by atoms with van der Waals surface area (Å²) >= 11 is 0. The van der Waals surface area contributed by atoms with Gasteiger partial charge in [-0.15, -0.1) is 0 Å². The van der Waals surface area contributed by atoms with Gasteiger partial charge >= 0.3 is 0 Å². The number of fused-ring (bicyclic) bond motifs is 1. The predicted molar refractivity (Wildman–Crippen MR) is 108 cm³/mol. The molecule has 1 N–H and O–H groups in total. The van der Waals surface area contributed by atoms with Crippen molar-refractivity contribution in [2.45, 2.75) is 25.9 Å². The van der Waals surface area contributed by atoms with Crippen molar-refractivity contribution in [2.75, 3.05) is 6.54 Å². The molecule has 4 rings (SSSR count). The highest BCUT2D eigenvalue weighted by atomic mass is 19.2. The molecule has 6 heteroatoms. The lowest BCUT2D eigenvalue weighted by atomic mass is 9.95. The Morgan fingerprint density at radius 1 is 1.03 bits per heavy atom. The summed E-state index contributed by atoms with van der Waals surface area (Å²) in [5, 5.41) is 2.87. The zero-order valence-electron chi connectivity index (χ0n) is 16.3. The lowest BCUT2D eigenvalue weighted by molar-refractivity contribution is -0.122. The molecule has 30 heavy (non-hydrogen) atoms. The quantitative estimate of drug-likeness (QED) is 0.647. The topological polar surface area (TPSA) is 38.3 Å². The van der Waals surface area contributed by atoms with Gasteiger partial charge in [0.05, 0.1) is 5.92 Å². The summed E-state index contributed by atoms with van der Waals surface area (Å²) in [4.78, 5) is 12.1. The number of carbonyl (C=O) groups excluding carboxylic acids is 1. The van der Waals surface area contributed by atoms with Gasteiger partial charge in [-0.3, -0.25) is 4.79 Å². The summed E-state index contributed by atoms with van der Waals surface area (Å²) in [7, 11) is 0. The molecule has 0 aromatic heterocycles. The first-order chi connectivity index (χ1) is 14.4. The zero-order chi connectivity index (χ0) is 21.3. The maximum Gasteiger partial charge on any atom is 0.227 e. The van der Waals surface area contributed by atoms with Gasteiger partial charge in [0.2, 0.25) is 5.91 Å². The number of nitrogens with one attached hydrogen (secondary N) is 1. The van der Waals surface area contributed by atoms with Gasteiger partial charge in [0.1, 0.15) is 18.2 Å². The molecule has 0 saturated heterocycles. The summed E-state index contributed by atoms with van der Waals surface area (Å²) in [6.07, 6.45) is 0.738. The Balaban J connectivity index is 1.58. The van der Waals surface area contributed by atoms with E-state index in [-0.39, 0.29) is 29.6 Å². The monoisotopic (exact) mass is 411 g/mol. The third kappa shape index (κ3) is 3.90. The minimum atomic E-state index is -0.978. The van der Waals surface area contributed by atoms with Gasteiger partial charge in [-0.05, 0) is 60.4 Å². The van der Waals surface area contributed by atoms with E-state index in [9.17, 15) is 18.0 Å². The third-order valence-corrected chi connectivity index (χ3v) is 5.37. The third-order valence-electron chi connectivity index (χ3n) is 5.37. The largest absolute Gasteiger partial charge is 0.489 e. The van der Waals surface area contributed by atoms with Crippen molar-refractivity contribution < 1.29 is 22.7 Å². The Kier molecular flexibility index (Phi) is 5.48. The Morgan fingerprint density at radius 3 is 2.70 bits per heavy atom. The summed E-state index contributed by atoms with van der Waals surface area (Å²) in [6.45, 7) is 2.33. The molecule has 0 bridgehead atoms. The fraction of sp³-hybridized carbons (Fsp3) is 0.208. The summed E-state index contributed by atoms with van der Waals surface area (Å²) in [5.41, 5.74) is 2.60. The lowest BCUT2D eigenvalue weighted by Gasteiger charge is -2.14. The zero-order valence-corrected chi connectivity index (χ0v) is 16.3. The SMILES string of the molecule is CC1C(=O)NCCc2ccc(OCc3cc(-c4cccc(F)c4F)ccc3F)cc21. The molecule has 1 aliphatic rings. The normalized spacial score (nSPS) is 15.9. The molecule has 1 atom stereocenters.